The van der Waals surface area contributed by atoms with Gasteiger partial charge in [0.1, 0.15) is 0 Å². The van der Waals surface area contributed by atoms with E-state index in [4.69, 9.17) is 0 Å². The number of nitrogens with one attached hydrogen (secondary N) is 1. The second kappa shape index (κ2) is 5.90. The van der Waals surface area contributed by atoms with Gasteiger partial charge < -0.3 is 5.32 Å². The zero-order valence-corrected chi connectivity index (χ0v) is 10.8. The SMILES string of the molecule is C=CCNC(=O)C(C)Cn1nc(C(F)(F)F)cc1C. The Hall–Kier alpha value is -1.79. The van der Waals surface area contributed by atoms with Gasteiger partial charge in [0.2, 0.25) is 5.91 Å². The third kappa shape index (κ3) is 4.11. The number of hydrogen-bond acceptors (Lipinski definition) is 2. The van der Waals surface area contributed by atoms with Crippen LogP contribution in [-0.4, -0.2) is 22.2 Å². The average molecular weight is 275 g/mol. The molecule has 0 saturated heterocycles. The normalized spacial score (nSPS) is 13.1. The van der Waals surface area contributed by atoms with Gasteiger partial charge in [-0.3, -0.25) is 9.48 Å². The van der Waals surface area contributed by atoms with E-state index in [1.807, 2.05) is 0 Å². The van der Waals surface area contributed by atoms with Crippen molar-refractivity contribution in [2.45, 2.75) is 26.6 Å². The van der Waals surface area contributed by atoms with Crippen LogP contribution in [0.5, 0.6) is 0 Å². The molecule has 1 atom stereocenters. The number of rotatable bonds is 5. The number of aromatic nitrogens is 2. The molecule has 0 aromatic carbocycles. The minimum absolute atomic E-state index is 0.102. The van der Waals surface area contributed by atoms with Crippen LogP contribution in [0.3, 0.4) is 0 Å². The Bertz CT molecular complexity index is 465. The maximum absolute atomic E-state index is 12.5. The minimum atomic E-state index is -4.47. The quantitative estimate of drug-likeness (QED) is 0.837. The summed E-state index contributed by atoms with van der Waals surface area (Å²) < 4.78 is 38.6. The zero-order chi connectivity index (χ0) is 14.6. The highest BCUT2D eigenvalue weighted by molar-refractivity contribution is 5.78. The van der Waals surface area contributed by atoms with Crippen LogP contribution in [0, 0.1) is 12.8 Å². The molecule has 1 aromatic heterocycles. The number of halogens is 3. The second-order valence-corrected chi connectivity index (χ2v) is 4.29. The minimum Gasteiger partial charge on any atom is -0.352 e. The molecule has 0 aliphatic rings. The van der Waals surface area contributed by atoms with Crippen LogP contribution in [0.2, 0.25) is 0 Å². The van der Waals surface area contributed by atoms with Crippen molar-refractivity contribution in [2.24, 2.45) is 5.92 Å². The van der Waals surface area contributed by atoms with Crippen molar-refractivity contribution in [3.8, 4) is 0 Å². The van der Waals surface area contributed by atoms with Crippen LogP contribution >= 0.6 is 0 Å². The van der Waals surface area contributed by atoms with E-state index in [0.29, 0.717) is 12.2 Å². The monoisotopic (exact) mass is 275 g/mol. The molecule has 1 aromatic rings. The van der Waals surface area contributed by atoms with Gasteiger partial charge in [0, 0.05) is 12.2 Å². The van der Waals surface area contributed by atoms with Crippen molar-refractivity contribution in [3.63, 3.8) is 0 Å². The molecule has 1 N–H and O–H groups in total. The van der Waals surface area contributed by atoms with Gasteiger partial charge in [-0.15, -0.1) is 6.58 Å². The molecule has 0 fully saturated rings. The van der Waals surface area contributed by atoms with E-state index in [0.717, 1.165) is 6.07 Å². The molecule has 1 rings (SSSR count). The number of nitrogens with zero attached hydrogens (tertiary/aromatic N) is 2. The molecule has 0 radical (unpaired) electrons. The Morgan fingerprint density at radius 2 is 2.26 bits per heavy atom. The van der Waals surface area contributed by atoms with E-state index in [9.17, 15) is 18.0 Å². The van der Waals surface area contributed by atoms with E-state index in [-0.39, 0.29) is 12.5 Å². The molecule has 1 amide bonds. The number of carbonyl (C=O) groups is 1. The lowest BCUT2D eigenvalue weighted by atomic mass is 10.1. The van der Waals surface area contributed by atoms with Gasteiger partial charge in [-0.25, -0.2) is 0 Å². The number of carbonyl (C=O) groups excluding carboxylic acids is 1. The van der Waals surface area contributed by atoms with Crippen molar-refractivity contribution in [1.29, 1.82) is 0 Å². The highest BCUT2D eigenvalue weighted by Crippen LogP contribution is 2.28. The molecule has 0 spiro atoms. The summed E-state index contributed by atoms with van der Waals surface area (Å²) in [5.41, 5.74) is -0.570. The van der Waals surface area contributed by atoms with Crippen molar-refractivity contribution in [1.82, 2.24) is 15.1 Å². The van der Waals surface area contributed by atoms with Crippen molar-refractivity contribution in [2.75, 3.05) is 6.54 Å². The Morgan fingerprint density at radius 1 is 1.63 bits per heavy atom. The van der Waals surface area contributed by atoms with Crippen molar-refractivity contribution >= 4 is 5.91 Å². The molecular weight excluding hydrogens is 259 g/mol. The smallest absolute Gasteiger partial charge is 0.352 e. The number of aryl methyl sites for hydroxylation is 1. The summed E-state index contributed by atoms with van der Waals surface area (Å²) in [4.78, 5) is 11.6. The van der Waals surface area contributed by atoms with Crippen LogP contribution in [0.4, 0.5) is 13.2 Å². The molecule has 1 unspecified atom stereocenters. The molecule has 0 bridgehead atoms. The highest BCUT2D eigenvalue weighted by atomic mass is 19.4. The van der Waals surface area contributed by atoms with Crippen LogP contribution in [0.1, 0.15) is 18.3 Å². The summed E-state index contributed by atoms with van der Waals surface area (Å²) in [5, 5.41) is 6.06. The van der Waals surface area contributed by atoms with Gasteiger partial charge in [-0.05, 0) is 13.0 Å². The van der Waals surface area contributed by atoms with Crippen LogP contribution < -0.4 is 5.32 Å². The molecule has 7 heteroatoms. The Kier molecular flexibility index (Phi) is 4.74. The molecular formula is C12H16F3N3O. The number of hydrogen-bond donors (Lipinski definition) is 1. The first-order valence-electron chi connectivity index (χ1n) is 5.76. The second-order valence-electron chi connectivity index (χ2n) is 4.29. The van der Waals surface area contributed by atoms with E-state index in [2.05, 4.69) is 17.0 Å². The molecule has 106 valence electrons. The summed E-state index contributed by atoms with van der Waals surface area (Å²) >= 11 is 0. The van der Waals surface area contributed by atoms with E-state index in [1.165, 1.54) is 17.7 Å². The molecule has 19 heavy (non-hydrogen) atoms. The van der Waals surface area contributed by atoms with Crippen LogP contribution in [0.25, 0.3) is 0 Å². The molecule has 0 aliphatic heterocycles. The Morgan fingerprint density at radius 3 is 2.74 bits per heavy atom. The molecule has 0 saturated carbocycles. The summed E-state index contributed by atoms with van der Waals surface area (Å²) in [7, 11) is 0. The van der Waals surface area contributed by atoms with Crippen molar-refractivity contribution < 1.29 is 18.0 Å². The van der Waals surface area contributed by atoms with Gasteiger partial charge >= 0.3 is 6.18 Å². The molecule has 4 nitrogen and oxygen atoms in total. The fraction of sp³-hybridized carbons (Fsp3) is 0.500. The zero-order valence-electron chi connectivity index (χ0n) is 10.8. The molecule has 0 aliphatic carbocycles. The fourth-order valence-electron chi connectivity index (χ4n) is 1.52. The van der Waals surface area contributed by atoms with Crippen LogP contribution in [-0.2, 0) is 17.5 Å². The Labute approximate surface area is 109 Å². The first kappa shape index (κ1) is 15.3. The first-order chi connectivity index (χ1) is 8.75. The number of amides is 1. The fourth-order valence-corrected chi connectivity index (χ4v) is 1.52. The summed E-state index contributed by atoms with van der Waals surface area (Å²) in [6, 6.07) is 0.967. The van der Waals surface area contributed by atoms with Gasteiger partial charge in [0.25, 0.3) is 0 Å². The van der Waals surface area contributed by atoms with Gasteiger partial charge in [-0.2, -0.15) is 18.3 Å². The van der Waals surface area contributed by atoms with E-state index < -0.39 is 17.8 Å². The van der Waals surface area contributed by atoms with Crippen LogP contribution in [0.15, 0.2) is 18.7 Å². The van der Waals surface area contributed by atoms with Gasteiger partial charge in [0.05, 0.1) is 12.5 Å². The van der Waals surface area contributed by atoms with E-state index >= 15 is 0 Å². The highest BCUT2D eigenvalue weighted by Gasteiger charge is 2.34. The van der Waals surface area contributed by atoms with E-state index in [1.54, 1.807) is 6.92 Å². The predicted molar refractivity (Wildman–Crippen MR) is 64.3 cm³/mol. The average Bonchev–Trinajstić information content (AvgIpc) is 2.67. The maximum atomic E-state index is 12.5. The first-order valence-corrected chi connectivity index (χ1v) is 5.76. The number of alkyl halides is 3. The molecule has 1 heterocycles. The largest absolute Gasteiger partial charge is 0.435 e. The standard InChI is InChI=1S/C12H16F3N3O/c1-4-5-16-11(19)8(2)7-18-9(3)6-10(17-18)12(13,14)15/h4,6,8H,1,5,7H2,2-3H3,(H,16,19). The summed E-state index contributed by atoms with van der Waals surface area (Å²) in [6.07, 6.45) is -2.93. The predicted octanol–water partition coefficient (Wildman–Crippen LogP) is 2.15. The lowest BCUT2D eigenvalue weighted by Gasteiger charge is -2.12. The summed E-state index contributed by atoms with van der Waals surface area (Å²) in [5.74, 6) is -0.719. The maximum Gasteiger partial charge on any atom is 0.435 e. The van der Waals surface area contributed by atoms with Gasteiger partial charge in [0.15, 0.2) is 5.69 Å². The lowest BCUT2D eigenvalue weighted by Crippen LogP contribution is -2.32. The van der Waals surface area contributed by atoms with Crippen molar-refractivity contribution in [3.05, 3.63) is 30.1 Å². The Balaban J connectivity index is 2.74. The lowest BCUT2D eigenvalue weighted by molar-refractivity contribution is -0.141. The summed E-state index contributed by atoms with van der Waals surface area (Å²) in [6.45, 7) is 7.05. The third-order valence-corrected chi connectivity index (χ3v) is 2.59. The third-order valence-electron chi connectivity index (χ3n) is 2.59. The topological polar surface area (TPSA) is 46.9 Å². The van der Waals surface area contributed by atoms with Gasteiger partial charge in [-0.1, -0.05) is 13.0 Å².